The van der Waals surface area contributed by atoms with Gasteiger partial charge in [-0.2, -0.15) is 0 Å². The molecule has 2 heterocycles. The van der Waals surface area contributed by atoms with Crippen LogP contribution in [0.4, 0.5) is 10.2 Å². The van der Waals surface area contributed by atoms with Crippen molar-refractivity contribution in [3.63, 3.8) is 0 Å². The average Bonchev–Trinajstić information content (AvgIpc) is 2.58. The first kappa shape index (κ1) is 15.2. The predicted molar refractivity (Wildman–Crippen MR) is 87.3 cm³/mol. The molecule has 23 heavy (non-hydrogen) atoms. The third-order valence-electron chi connectivity index (χ3n) is 3.05. The molecule has 3 aromatic rings. The molecule has 1 aromatic carbocycles. The Morgan fingerprint density at radius 2 is 1.70 bits per heavy atom. The van der Waals surface area contributed by atoms with Crippen molar-refractivity contribution in [1.82, 2.24) is 9.97 Å². The van der Waals surface area contributed by atoms with Crippen LogP contribution in [0.3, 0.4) is 0 Å². The number of anilines is 1. The zero-order valence-corrected chi connectivity index (χ0v) is 12.8. The Bertz CT molecular complexity index is 761. The lowest BCUT2D eigenvalue weighted by atomic mass is 10.3. The van der Waals surface area contributed by atoms with Gasteiger partial charge in [-0.1, -0.05) is 17.7 Å². The van der Waals surface area contributed by atoms with Crippen molar-refractivity contribution in [3.8, 4) is 11.5 Å². The summed E-state index contributed by atoms with van der Waals surface area (Å²) < 4.78 is 18.4. The monoisotopic (exact) mass is 329 g/mol. The van der Waals surface area contributed by atoms with Crippen LogP contribution in [0, 0.1) is 5.82 Å². The molecular formula is C17H13ClFN3O. The minimum atomic E-state index is -0.299. The van der Waals surface area contributed by atoms with Crippen LogP contribution >= 0.6 is 11.6 Å². The standard InChI is InChI=1S/C17H13ClFN3O/c18-16-7-1-12(9-20-16)10-21-17-8-6-15(11-22-17)23-14-4-2-13(19)3-5-14/h1-9,11H,10H2,(H,21,22). The third kappa shape index (κ3) is 4.40. The summed E-state index contributed by atoms with van der Waals surface area (Å²) in [5.41, 5.74) is 1.00. The van der Waals surface area contributed by atoms with Gasteiger partial charge in [-0.05, 0) is 48.0 Å². The van der Waals surface area contributed by atoms with Crippen LogP contribution in [0.25, 0.3) is 0 Å². The predicted octanol–water partition coefficient (Wildman–Crippen LogP) is 4.67. The summed E-state index contributed by atoms with van der Waals surface area (Å²) in [6, 6.07) is 13.1. The second-order valence-electron chi connectivity index (χ2n) is 4.78. The smallest absolute Gasteiger partial charge is 0.145 e. The second kappa shape index (κ2) is 7.07. The molecule has 0 amide bonds. The minimum absolute atomic E-state index is 0.299. The van der Waals surface area contributed by atoms with Crippen molar-refractivity contribution in [2.45, 2.75) is 6.54 Å². The average molecular weight is 330 g/mol. The van der Waals surface area contributed by atoms with Crippen molar-refractivity contribution in [2.75, 3.05) is 5.32 Å². The lowest BCUT2D eigenvalue weighted by Crippen LogP contribution is -2.01. The molecule has 0 unspecified atom stereocenters. The van der Waals surface area contributed by atoms with Crippen LogP contribution in [0.5, 0.6) is 11.5 Å². The quantitative estimate of drug-likeness (QED) is 0.691. The van der Waals surface area contributed by atoms with Crippen molar-refractivity contribution in [1.29, 1.82) is 0 Å². The third-order valence-corrected chi connectivity index (χ3v) is 3.27. The zero-order valence-electron chi connectivity index (χ0n) is 12.0. The van der Waals surface area contributed by atoms with Gasteiger partial charge in [-0.15, -0.1) is 0 Å². The summed E-state index contributed by atoms with van der Waals surface area (Å²) in [4.78, 5) is 8.29. The van der Waals surface area contributed by atoms with E-state index in [0.29, 0.717) is 29.0 Å². The Labute approximate surface area is 137 Å². The maximum absolute atomic E-state index is 12.8. The fraction of sp³-hybridized carbons (Fsp3) is 0.0588. The molecule has 0 saturated heterocycles. The van der Waals surface area contributed by atoms with Gasteiger partial charge >= 0.3 is 0 Å². The molecule has 0 fully saturated rings. The van der Waals surface area contributed by atoms with E-state index in [1.807, 2.05) is 12.1 Å². The van der Waals surface area contributed by atoms with E-state index in [0.717, 1.165) is 5.56 Å². The number of nitrogens with zero attached hydrogens (tertiary/aromatic N) is 2. The largest absolute Gasteiger partial charge is 0.456 e. The Balaban J connectivity index is 1.58. The number of aromatic nitrogens is 2. The van der Waals surface area contributed by atoms with Gasteiger partial charge in [0.2, 0.25) is 0 Å². The molecule has 1 N–H and O–H groups in total. The highest BCUT2D eigenvalue weighted by Crippen LogP contribution is 2.21. The molecule has 116 valence electrons. The molecule has 0 bridgehead atoms. The van der Waals surface area contributed by atoms with Crippen molar-refractivity contribution in [2.24, 2.45) is 0 Å². The van der Waals surface area contributed by atoms with E-state index in [-0.39, 0.29) is 5.82 Å². The first-order valence-electron chi connectivity index (χ1n) is 6.93. The van der Waals surface area contributed by atoms with Crippen LogP contribution < -0.4 is 10.1 Å². The van der Waals surface area contributed by atoms with Gasteiger partial charge in [0, 0.05) is 12.7 Å². The number of benzene rings is 1. The van der Waals surface area contributed by atoms with E-state index < -0.39 is 0 Å². The van der Waals surface area contributed by atoms with Gasteiger partial charge in [0.05, 0.1) is 6.20 Å². The molecule has 2 aromatic heterocycles. The highest BCUT2D eigenvalue weighted by Gasteiger charge is 2.00. The molecule has 0 aliphatic carbocycles. The van der Waals surface area contributed by atoms with Crippen LogP contribution in [-0.2, 0) is 6.54 Å². The summed E-state index contributed by atoms with van der Waals surface area (Å²) >= 11 is 5.74. The van der Waals surface area contributed by atoms with Gasteiger partial charge < -0.3 is 10.1 Å². The fourth-order valence-electron chi connectivity index (χ4n) is 1.89. The summed E-state index contributed by atoms with van der Waals surface area (Å²) in [5, 5.41) is 3.65. The highest BCUT2D eigenvalue weighted by atomic mass is 35.5. The molecule has 0 aliphatic heterocycles. The second-order valence-corrected chi connectivity index (χ2v) is 5.17. The maximum Gasteiger partial charge on any atom is 0.145 e. The van der Waals surface area contributed by atoms with Gasteiger partial charge in [-0.3, -0.25) is 0 Å². The van der Waals surface area contributed by atoms with E-state index in [1.165, 1.54) is 12.1 Å². The molecule has 0 spiro atoms. The summed E-state index contributed by atoms with van der Waals surface area (Å²) in [5.74, 6) is 1.55. The molecule has 3 rings (SSSR count). The number of nitrogens with one attached hydrogen (secondary N) is 1. The van der Waals surface area contributed by atoms with Crippen molar-refractivity contribution in [3.05, 3.63) is 77.5 Å². The summed E-state index contributed by atoms with van der Waals surface area (Å²) in [6.45, 7) is 0.593. The number of rotatable bonds is 5. The SMILES string of the molecule is Fc1ccc(Oc2ccc(NCc3ccc(Cl)nc3)nc2)cc1. The summed E-state index contributed by atoms with van der Waals surface area (Å²) in [7, 11) is 0. The maximum atomic E-state index is 12.8. The Kier molecular flexibility index (Phi) is 4.68. The van der Waals surface area contributed by atoms with Crippen LogP contribution in [0.2, 0.25) is 5.15 Å². The number of hydrogen-bond donors (Lipinski definition) is 1. The lowest BCUT2D eigenvalue weighted by molar-refractivity contribution is 0.478. The van der Waals surface area contributed by atoms with Gasteiger partial charge in [-0.25, -0.2) is 14.4 Å². The van der Waals surface area contributed by atoms with Gasteiger partial charge in [0.1, 0.15) is 28.3 Å². The number of halogens is 2. The van der Waals surface area contributed by atoms with Crippen molar-refractivity contribution >= 4 is 17.4 Å². The fourth-order valence-corrected chi connectivity index (χ4v) is 2.00. The Hall–Kier alpha value is -2.66. The van der Waals surface area contributed by atoms with Crippen LogP contribution in [-0.4, -0.2) is 9.97 Å². The van der Waals surface area contributed by atoms with E-state index in [4.69, 9.17) is 16.3 Å². The summed E-state index contributed by atoms with van der Waals surface area (Å²) in [6.07, 6.45) is 3.31. The molecule has 0 aliphatic rings. The van der Waals surface area contributed by atoms with Crippen LogP contribution in [0.1, 0.15) is 5.56 Å². The van der Waals surface area contributed by atoms with Crippen LogP contribution in [0.15, 0.2) is 60.9 Å². The normalized spacial score (nSPS) is 10.3. The molecule has 0 atom stereocenters. The number of ether oxygens (including phenoxy) is 1. The topological polar surface area (TPSA) is 47.0 Å². The zero-order chi connectivity index (χ0) is 16.1. The van der Waals surface area contributed by atoms with Gasteiger partial charge in [0.25, 0.3) is 0 Å². The number of pyridine rings is 2. The molecular weight excluding hydrogens is 317 g/mol. The van der Waals surface area contributed by atoms with E-state index in [1.54, 1.807) is 36.7 Å². The van der Waals surface area contributed by atoms with E-state index in [2.05, 4.69) is 15.3 Å². The lowest BCUT2D eigenvalue weighted by Gasteiger charge is -2.08. The number of hydrogen-bond acceptors (Lipinski definition) is 4. The molecule has 6 heteroatoms. The molecule has 0 saturated carbocycles. The molecule has 0 radical (unpaired) electrons. The van der Waals surface area contributed by atoms with E-state index >= 15 is 0 Å². The first-order valence-corrected chi connectivity index (χ1v) is 7.30. The van der Waals surface area contributed by atoms with Gasteiger partial charge in [0.15, 0.2) is 0 Å². The van der Waals surface area contributed by atoms with Crippen molar-refractivity contribution < 1.29 is 9.13 Å². The first-order chi connectivity index (χ1) is 11.2. The Morgan fingerprint density at radius 1 is 0.913 bits per heavy atom. The Morgan fingerprint density at radius 3 is 2.35 bits per heavy atom. The van der Waals surface area contributed by atoms with E-state index in [9.17, 15) is 4.39 Å². The molecule has 4 nitrogen and oxygen atoms in total. The highest BCUT2D eigenvalue weighted by molar-refractivity contribution is 6.29. The minimum Gasteiger partial charge on any atom is -0.456 e.